The molecule has 1 N–H and O–H groups in total. The lowest BCUT2D eigenvalue weighted by Gasteiger charge is -2.02. The molecule has 0 spiro atoms. The van der Waals surface area contributed by atoms with Gasteiger partial charge in [-0.15, -0.1) is 0 Å². The van der Waals surface area contributed by atoms with Crippen molar-refractivity contribution in [1.29, 1.82) is 0 Å². The Balaban J connectivity index is 2.86. The van der Waals surface area contributed by atoms with Gasteiger partial charge in [0.15, 0.2) is 6.17 Å². The average Bonchev–Trinajstić information content (AvgIpc) is 2.03. The molecule has 0 aliphatic rings. The van der Waals surface area contributed by atoms with Crippen LogP contribution in [0.3, 0.4) is 0 Å². The van der Waals surface area contributed by atoms with Gasteiger partial charge in [-0.05, 0) is 28.1 Å². The number of alkyl halides is 1. The number of pyridine rings is 1. The summed E-state index contributed by atoms with van der Waals surface area (Å²) < 4.78 is 13.3. The minimum absolute atomic E-state index is 0.252. The Labute approximate surface area is 72.2 Å². The lowest BCUT2D eigenvalue weighted by atomic mass is 10.2. The van der Waals surface area contributed by atoms with Gasteiger partial charge in [-0.2, -0.15) is 0 Å². The first-order chi connectivity index (χ1) is 5.24. The van der Waals surface area contributed by atoms with E-state index in [-0.39, 0.29) is 5.69 Å². The van der Waals surface area contributed by atoms with Gasteiger partial charge in [-0.3, -0.25) is 0 Å². The molecule has 0 amide bonds. The van der Waals surface area contributed by atoms with E-state index in [1.807, 2.05) is 0 Å². The minimum atomic E-state index is -1.38. The lowest BCUT2D eigenvalue weighted by Crippen LogP contribution is -1.99. The van der Waals surface area contributed by atoms with Crippen LogP contribution in [0, 0.1) is 0 Å². The van der Waals surface area contributed by atoms with E-state index in [4.69, 9.17) is 5.11 Å². The molecule has 4 heteroatoms. The average molecular weight is 220 g/mol. The molecule has 1 rings (SSSR count). The molecule has 0 aromatic carbocycles. The second-order valence-electron chi connectivity index (χ2n) is 2.04. The van der Waals surface area contributed by atoms with Crippen molar-refractivity contribution in [3.05, 3.63) is 28.5 Å². The summed E-state index contributed by atoms with van der Waals surface area (Å²) >= 11 is 3.10. The third-order valence-corrected chi connectivity index (χ3v) is 1.66. The largest absolute Gasteiger partial charge is 0.393 e. The molecular weight excluding hydrogens is 213 g/mol. The van der Waals surface area contributed by atoms with Crippen LogP contribution >= 0.6 is 15.9 Å². The van der Waals surface area contributed by atoms with Gasteiger partial charge in [0.1, 0.15) is 4.60 Å². The Bertz CT molecular complexity index is 244. The molecule has 1 aromatic rings. The second kappa shape index (κ2) is 3.78. The van der Waals surface area contributed by atoms with Gasteiger partial charge in [-0.1, -0.05) is 6.07 Å². The summed E-state index contributed by atoms with van der Waals surface area (Å²) in [7, 11) is 0. The van der Waals surface area contributed by atoms with Crippen molar-refractivity contribution in [3.63, 3.8) is 0 Å². The van der Waals surface area contributed by atoms with Crippen molar-refractivity contribution in [2.24, 2.45) is 0 Å². The van der Waals surface area contributed by atoms with Gasteiger partial charge in [0.05, 0.1) is 12.3 Å². The summed E-state index contributed by atoms with van der Waals surface area (Å²) in [5.74, 6) is 0. The number of aromatic nitrogens is 1. The maximum absolute atomic E-state index is 12.7. The van der Waals surface area contributed by atoms with E-state index in [9.17, 15) is 4.39 Å². The third-order valence-electron chi connectivity index (χ3n) is 1.22. The van der Waals surface area contributed by atoms with Gasteiger partial charge in [0, 0.05) is 0 Å². The molecule has 0 saturated carbocycles. The summed E-state index contributed by atoms with van der Waals surface area (Å²) in [6, 6.07) is 4.91. The predicted molar refractivity (Wildman–Crippen MR) is 42.9 cm³/mol. The van der Waals surface area contributed by atoms with Crippen molar-refractivity contribution >= 4 is 15.9 Å². The van der Waals surface area contributed by atoms with E-state index in [2.05, 4.69) is 20.9 Å². The zero-order valence-corrected chi connectivity index (χ0v) is 7.25. The maximum atomic E-state index is 12.7. The van der Waals surface area contributed by atoms with Gasteiger partial charge < -0.3 is 5.11 Å². The SMILES string of the molecule is OCC(F)c1cccc(Br)n1. The van der Waals surface area contributed by atoms with E-state index in [1.54, 1.807) is 12.1 Å². The van der Waals surface area contributed by atoms with Crippen molar-refractivity contribution in [1.82, 2.24) is 4.98 Å². The summed E-state index contributed by atoms with van der Waals surface area (Å²) in [4.78, 5) is 3.83. The molecule has 1 unspecified atom stereocenters. The van der Waals surface area contributed by atoms with Crippen molar-refractivity contribution < 1.29 is 9.50 Å². The normalized spacial score (nSPS) is 13.0. The molecule has 0 fully saturated rings. The van der Waals surface area contributed by atoms with Crippen molar-refractivity contribution in [2.45, 2.75) is 6.17 Å². The topological polar surface area (TPSA) is 33.1 Å². The molecule has 0 aliphatic carbocycles. The van der Waals surface area contributed by atoms with Crippen LogP contribution in [-0.4, -0.2) is 16.7 Å². The molecule has 11 heavy (non-hydrogen) atoms. The summed E-state index contributed by atoms with van der Waals surface area (Å²) in [5, 5.41) is 8.45. The van der Waals surface area contributed by atoms with Crippen LogP contribution in [0.1, 0.15) is 11.9 Å². The van der Waals surface area contributed by atoms with Gasteiger partial charge in [0.2, 0.25) is 0 Å². The smallest absolute Gasteiger partial charge is 0.165 e. The third kappa shape index (κ3) is 2.24. The molecule has 0 radical (unpaired) electrons. The highest BCUT2D eigenvalue weighted by molar-refractivity contribution is 9.10. The van der Waals surface area contributed by atoms with E-state index < -0.39 is 12.8 Å². The summed E-state index contributed by atoms with van der Waals surface area (Å²) in [6.45, 7) is -0.524. The maximum Gasteiger partial charge on any atom is 0.165 e. The van der Waals surface area contributed by atoms with Gasteiger partial charge in [0.25, 0.3) is 0 Å². The first kappa shape index (κ1) is 8.62. The number of hydrogen-bond donors (Lipinski definition) is 1. The molecule has 0 aliphatic heterocycles. The standard InChI is InChI=1S/C7H7BrFNO/c8-7-3-1-2-6(10-7)5(9)4-11/h1-3,5,11H,4H2. The van der Waals surface area contributed by atoms with Crippen LogP contribution in [0.2, 0.25) is 0 Å². The Morgan fingerprint density at radius 2 is 2.36 bits per heavy atom. The van der Waals surface area contributed by atoms with E-state index in [1.165, 1.54) is 6.07 Å². The Kier molecular flexibility index (Phi) is 2.96. The molecule has 1 heterocycles. The van der Waals surface area contributed by atoms with Crippen LogP contribution in [0.15, 0.2) is 22.8 Å². The van der Waals surface area contributed by atoms with E-state index in [0.29, 0.717) is 4.60 Å². The fourth-order valence-corrected chi connectivity index (χ4v) is 1.05. The number of halogens is 2. The number of nitrogens with zero attached hydrogens (tertiary/aromatic N) is 1. The van der Waals surface area contributed by atoms with Crippen LogP contribution < -0.4 is 0 Å². The van der Waals surface area contributed by atoms with Crippen LogP contribution in [0.25, 0.3) is 0 Å². The number of aliphatic hydroxyl groups excluding tert-OH is 1. The molecule has 0 bridgehead atoms. The molecular formula is C7H7BrFNO. The number of rotatable bonds is 2. The van der Waals surface area contributed by atoms with Crippen molar-refractivity contribution in [2.75, 3.05) is 6.61 Å². The van der Waals surface area contributed by atoms with Crippen LogP contribution in [0.4, 0.5) is 4.39 Å². The fraction of sp³-hybridized carbons (Fsp3) is 0.286. The van der Waals surface area contributed by atoms with Crippen molar-refractivity contribution in [3.8, 4) is 0 Å². The second-order valence-corrected chi connectivity index (χ2v) is 2.85. The zero-order valence-electron chi connectivity index (χ0n) is 5.67. The zero-order chi connectivity index (χ0) is 8.27. The Morgan fingerprint density at radius 1 is 1.64 bits per heavy atom. The lowest BCUT2D eigenvalue weighted by molar-refractivity contribution is 0.176. The first-order valence-electron chi connectivity index (χ1n) is 3.11. The number of aliphatic hydroxyl groups is 1. The Hall–Kier alpha value is -0.480. The van der Waals surface area contributed by atoms with E-state index >= 15 is 0 Å². The molecule has 60 valence electrons. The molecule has 0 saturated heterocycles. The molecule has 1 aromatic heterocycles. The highest BCUT2D eigenvalue weighted by Gasteiger charge is 2.08. The first-order valence-corrected chi connectivity index (χ1v) is 3.90. The predicted octanol–water partition coefficient (Wildman–Crippen LogP) is 1.85. The van der Waals surface area contributed by atoms with Crippen LogP contribution in [0.5, 0.6) is 0 Å². The van der Waals surface area contributed by atoms with Gasteiger partial charge in [-0.25, -0.2) is 9.37 Å². The fourth-order valence-electron chi connectivity index (χ4n) is 0.692. The minimum Gasteiger partial charge on any atom is -0.393 e. The summed E-state index contributed by atoms with van der Waals surface area (Å²) in [5.41, 5.74) is 0.252. The quantitative estimate of drug-likeness (QED) is 0.771. The molecule has 1 atom stereocenters. The van der Waals surface area contributed by atoms with E-state index in [0.717, 1.165) is 0 Å². The monoisotopic (exact) mass is 219 g/mol. The highest BCUT2D eigenvalue weighted by atomic mass is 79.9. The van der Waals surface area contributed by atoms with Gasteiger partial charge >= 0.3 is 0 Å². The summed E-state index contributed by atoms with van der Waals surface area (Å²) in [6.07, 6.45) is -1.38. The Morgan fingerprint density at radius 3 is 2.91 bits per heavy atom. The van der Waals surface area contributed by atoms with Crippen LogP contribution in [-0.2, 0) is 0 Å². The highest BCUT2D eigenvalue weighted by Crippen LogP contribution is 2.16. The number of hydrogen-bond acceptors (Lipinski definition) is 2. The molecule has 2 nitrogen and oxygen atoms in total.